The fourth-order valence-corrected chi connectivity index (χ4v) is 2.46. The number of aliphatic hydroxyl groups is 1. The number of aliphatic hydroxyl groups excluding tert-OH is 1. The summed E-state index contributed by atoms with van der Waals surface area (Å²) >= 11 is 1.54. The van der Waals surface area contributed by atoms with Crippen molar-refractivity contribution in [3.63, 3.8) is 0 Å². The van der Waals surface area contributed by atoms with Crippen LogP contribution in [0.5, 0.6) is 0 Å². The van der Waals surface area contributed by atoms with E-state index in [4.69, 9.17) is 5.11 Å². The Hall–Kier alpha value is -1.85. The first-order chi connectivity index (χ1) is 9.78. The summed E-state index contributed by atoms with van der Waals surface area (Å²) in [4.78, 5) is 15.8. The van der Waals surface area contributed by atoms with Crippen LogP contribution in [0.2, 0.25) is 0 Å². The largest absolute Gasteiger partial charge is 0.392 e. The van der Waals surface area contributed by atoms with Gasteiger partial charge < -0.3 is 10.4 Å². The highest BCUT2D eigenvalue weighted by molar-refractivity contribution is 7.99. The molecule has 1 aromatic carbocycles. The van der Waals surface area contributed by atoms with Crippen molar-refractivity contribution >= 4 is 23.4 Å². The van der Waals surface area contributed by atoms with Crippen LogP contribution in [-0.4, -0.2) is 21.8 Å². The fourth-order valence-electron chi connectivity index (χ4n) is 1.69. The lowest BCUT2D eigenvalue weighted by atomic mass is 10.2. The van der Waals surface area contributed by atoms with Gasteiger partial charge in [-0.25, -0.2) is 0 Å². The highest BCUT2D eigenvalue weighted by Crippen LogP contribution is 2.13. The molecule has 0 saturated heterocycles. The first-order valence-electron chi connectivity index (χ1n) is 6.24. The van der Waals surface area contributed by atoms with E-state index >= 15 is 0 Å². The molecule has 0 aliphatic rings. The van der Waals surface area contributed by atoms with E-state index in [-0.39, 0.29) is 12.5 Å². The Balaban J connectivity index is 1.77. The Morgan fingerprint density at radius 2 is 2.10 bits per heavy atom. The lowest BCUT2D eigenvalue weighted by Gasteiger charge is -2.06. The molecule has 1 aromatic heterocycles. The molecule has 0 atom stereocenters. The Morgan fingerprint density at radius 3 is 2.85 bits per heavy atom. The van der Waals surface area contributed by atoms with Crippen LogP contribution < -0.4 is 5.32 Å². The Labute approximate surface area is 122 Å². The SMILES string of the molecule is O=C(CSCc1cccnc1)Nc1cccc(CO)c1. The first-order valence-corrected chi connectivity index (χ1v) is 7.39. The lowest BCUT2D eigenvalue weighted by Crippen LogP contribution is -2.14. The molecule has 0 aliphatic carbocycles. The average Bonchev–Trinajstić information content (AvgIpc) is 2.48. The van der Waals surface area contributed by atoms with Crippen LogP contribution in [0.25, 0.3) is 0 Å². The van der Waals surface area contributed by atoms with Gasteiger partial charge in [-0.2, -0.15) is 0 Å². The van der Waals surface area contributed by atoms with E-state index in [9.17, 15) is 4.79 Å². The van der Waals surface area contributed by atoms with Crippen LogP contribution in [0.1, 0.15) is 11.1 Å². The zero-order valence-electron chi connectivity index (χ0n) is 11.0. The molecule has 5 heteroatoms. The Bertz CT molecular complexity index is 561. The predicted octanol–water partition coefficient (Wildman–Crippen LogP) is 2.45. The molecular weight excluding hydrogens is 272 g/mol. The Kier molecular flexibility index (Phi) is 5.58. The number of pyridine rings is 1. The molecule has 2 rings (SSSR count). The molecule has 0 unspecified atom stereocenters. The number of thioether (sulfide) groups is 1. The third kappa shape index (κ3) is 4.68. The van der Waals surface area contributed by atoms with Gasteiger partial charge in [-0.1, -0.05) is 18.2 Å². The van der Waals surface area contributed by atoms with E-state index in [1.807, 2.05) is 30.3 Å². The summed E-state index contributed by atoms with van der Waals surface area (Å²) in [6.45, 7) is -0.0283. The van der Waals surface area contributed by atoms with E-state index in [2.05, 4.69) is 10.3 Å². The van der Waals surface area contributed by atoms with Crippen LogP contribution in [0.4, 0.5) is 5.69 Å². The van der Waals surface area contributed by atoms with Crippen molar-refractivity contribution in [3.8, 4) is 0 Å². The van der Waals surface area contributed by atoms with E-state index in [1.165, 1.54) is 0 Å². The van der Waals surface area contributed by atoms with Crippen LogP contribution in [0, 0.1) is 0 Å². The van der Waals surface area contributed by atoms with Crippen LogP contribution in [0.15, 0.2) is 48.8 Å². The van der Waals surface area contributed by atoms with Crippen LogP contribution in [0.3, 0.4) is 0 Å². The zero-order valence-corrected chi connectivity index (χ0v) is 11.8. The number of nitrogens with zero attached hydrogens (tertiary/aromatic N) is 1. The second-order valence-electron chi connectivity index (χ2n) is 4.26. The molecular formula is C15H16N2O2S. The summed E-state index contributed by atoms with van der Waals surface area (Å²) in [6, 6.07) is 11.1. The van der Waals surface area contributed by atoms with Crippen LogP contribution in [-0.2, 0) is 17.2 Å². The van der Waals surface area contributed by atoms with Gasteiger partial charge in [-0.15, -0.1) is 11.8 Å². The van der Waals surface area contributed by atoms with E-state index in [0.29, 0.717) is 11.4 Å². The van der Waals surface area contributed by atoms with E-state index < -0.39 is 0 Å². The maximum atomic E-state index is 11.8. The third-order valence-corrected chi connectivity index (χ3v) is 3.62. The van der Waals surface area contributed by atoms with Crippen molar-refractivity contribution in [2.75, 3.05) is 11.1 Å². The van der Waals surface area contributed by atoms with Gasteiger partial charge in [0.25, 0.3) is 0 Å². The molecule has 1 amide bonds. The van der Waals surface area contributed by atoms with E-state index in [0.717, 1.165) is 16.9 Å². The fraction of sp³-hybridized carbons (Fsp3) is 0.200. The van der Waals surface area contributed by atoms with Gasteiger partial charge in [0.1, 0.15) is 0 Å². The van der Waals surface area contributed by atoms with Gasteiger partial charge in [0.2, 0.25) is 5.91 Å². The summed E-state index contributed by atoms with van der Waals surface area (Å²) in [7, 11) is 0. The number of rotatable bonds is 6. The second-order valence-corrected chi connectivity index (χ2v) is 5.25. The van der Waals surface area contributed by atoms with Crippen molar-refractivity contribution in [1.82, 2.24) is 4.98 Å². The van der Waals surface area contributed by atoms with Gasteiger partial charge in [-0.3, -0.25) is 9.78 Å². The van der Waals surface area contributed by atoms with Gasteiger partial charge in [0.05, 0.1) is 12.4 Å². The number of anilines is 1. The minimum absolute atomic E-state index is 0.0283. The molecule has 0 fully saturated rings. The predicted molar refractivity (Wildman–Crippen MR) is 81.4 cm³/mol. The van der Waals surface area contributed by atoms with E-state index in [1.54, 1.807) is 30.2 Å². The van der Waals surface area contributed by atoms with Gasteiger partial charge in [0.15, 0.2) is 0 Å². The number of hydrogen-bond acceptors (Lipinski definition) is 4. The monoisotopic (exact) mass is 288 g/mol. The Morgan fingerprint density at radius 1 is 1.25 bits per heavy atom. The molecule has 2 N–H and O–H groups in total. The summed E-state index contributed by atoms with van der Waals surface area (Å²) in [5, 5.41) is 11.9. The van der Waals surface area contributed by atoms with Crippen molar-refractivity contribution in [2.24, 2.45) is 0 Å². The molecule has 0 saturated carbocycles. The maximum absolute atomic E-state index is 11.8. The number of aromatic nitrogens is 1. The van der Waals surface area contributed by atoms with Crippen molar-refractivity contribution < 1.29 is 9.90 Å². The lowest BCUT2D eigenvalue weighted by molar-refractivity contribution is -0.113. The highest BCUT2D eigenvalue weighted by atomic mass is 32.2. The highest BCUT2D eigenvalue weighted by Gasteiger charge is 2.03. The third-order valence-electron chi connectivity index (χ3n) is 2.62. The number of amides is 1. The molecule has 4 nitrogen and oxygen atoms in total. The number of benzene rings is 1. The molecule has 104 valence electrons. The maximum Gasteiger partial charge on any atom is 0.234 e. The topological polar surface area (TPSA) is 62.2 Å². The summed E-state index contributed by atoms with van der Waals surface area (Å²) in [6.07, 6.45) is 3.53. The summed E-state index contributed by atoms with van der Waals surface area (Å²) in [5.41, 5.74) is 2.60. The second kappa shape index (κ2) is 7.67. The quantitative estimate of drug-likeness (QED) is 0.857. The summed E-state index contributed by atoms with van der Waals surface area (Å²) in [5.74, 6) is 1.10. The van der Waals surface area contributed by atoms with Gasteiger partial charge in [0, 0.05) is 23.8 Å². The minimum Gasteiger partial charge on any atom is -0.392 e. The van der Waals surface area contributed by atoms with Gasteiger partial charge >= 0.3 is 0 Å². The number of nitrogens with one attached hydrogen (secondary N) is 1. The average molecular weight is 288 g/mol. The smallest absolute Gasteiger partial charge is 0.234 e. The summed E-state index contributed by atoms with van der Waals surface area (Å²) < 4.78 is 0. The molecule has 2 aromatic rings. The molecule has 0 aliphatic heterocycles. The molecule has 0 radical (unpaired) electrons. The number of carbonyl (C=O) groups is 1. The van der Waals surface area contributed by atoms with Crippen molar-refractivity contribution in [1.29, 1.82) is 0 Å². The zero-order chi connectivity index (χ0) is 14.2. The molecule has 0 bridgehead atoms. The molecule has 20 heavy (non-hydrogen) atoms. The molecule has 1 heterocycles. The van der Waals surface area contributed by atoms with Crippen LogP contribution >= 0.6 is 11.8 Å². The standard InChI is InChI=1S/C15H16N2O2S/c18-9-12-3-1-5-14(7-12)17-15(19)11-20-10-13-4-2-6-16-8-13/h1-8,18H,9-11H2,(H,17,19). The minimum atomic E-state index is -0.0472. The first kappa shape index (κ1) is 14.6. The van der Waals surface area contributed by atoms with Crippen molar-refractivity contribution in [2.45, 2.75) is 12.4 Å². The number of hydrogen-bond donors (Lipinski definition) is 2. The normalized spacial score (nSPS) is 10.2. The van der Waals surface area contributed by atoms with Gasteiger partial charge in [-0.05, 0) is 29.3 Å². The van der Waals surface area contributed by atoms with Crippen molar-refractivity contribution in [3.05, 3.63) is 59.9 Å². The molecule has 0 spiro atoms. The number of carbonyl (C=O) groups excluding carboxylic acids is 1.